The van der Waals surface area contributed by atoms with Crippen LogP contribution in [0.2, 0.25) is 0 Å². The maximum atomic E-state index is 12.9. The highest BCUT2D eigenvalue weighted by Crippen LogP contribution is 2.49. The number of imide groups is 1. The van der Waals surface area contributed by atoms with E-state index in [-0.39, 0.29) is 24.1 Å². The van der Waals surface area contributed by atoms with Crippen LogP contribution in [0.15, 0.2) is 18.2 Å². The maximum absolute atomic E-state index is 12.9. The molecule has 142 valence electrons. The number of carbonyl (C=O) groups excluding carboxylic acids is 3. The summed E-state index contributed by atoms with van der Waals surface area (Å²) in [5.74, 6) is 0.796. The molecule has 3 aliphatic heterocycles. The molecule has 4 atom stereocenters. The van der Waals surface area contributed by atoms with Crippen molar-refractivity contribution >= 4 is 17.7 Å². The van der Waals surface area contributed by atoms with E-state index in [9.17, 15) is 14.4 Å². The minimum absolute atomic E-state index is 0.110. The Labute approximate surface area is 157 Å². The fourth-order valence-corrected chi connectivity index (χ4v) is 5.18. The van der Waals surface area contributed by atoms with Crippen molar-refractivity contribution in [2.24, 2.45) is 17.6 Å². The van der Waals surface area contributed by atoms with Gasteiger partial charge in [0.1, 0.15) is 6.04 Å². The normalized spacial score (nSPS) is 32.5. The molecule has 1 saturated carbocycles. The van der Waals surface area contributed by atoms with Gasteiger partial charge in [-0.2, -0.15) is 0 Å². The Morgan fingerprint density at radius 2 is 2.07 bits per heavy atom. The first-order chi connectivity index (χ1) is 13.1. The predicted molar refractivity (Wildman–Crippen MR) is 97.3 cm³/mol. The summed E-state index contributed by atoms with van der Waals surface area (Å²) in [4.78, 5) is 40.6. The third kappa shape index (κ3) is 2.68. The highest BCUT2D eigenvalue weighted by molar-refractivity contribution is 6.05. The van der Waals surface area contributed by atoms with Crippen LogP contribution in [-0.4, -0.2) is 52.7 Å². The molecule has 0 aromatic heterocycles. The molecule has 0 radical (unpaired) electrons. The lowest BCUT2D eigenvalue weighted by molar-refractivity contribution is -0.136. The van der Waals surface area contributed by atoms with E-state index in [4.69, 9.17) is 5.73 Å². The molecule has 27 heavy (non-hydrogen) atoms. The number of amides is 3. The minimum atomic E-state index is -0.563. The van der Waals surface area contributed by atoms with Crippen molar-refractivity contribution < 1.29 is 14.4 Å². The van der Waals surface area contributed by atoms with E-state index in [0.717, 1.165) is 36.1 Å². The maximum Gasteiger partial charge on any atom is 0.255 e. The van der Waals surface area contributed by atoms with Gasteiger partial charge in [0.25, 0.3) is 5.91 Å². The molecule has 0 spiro atoms. The topological polar surface area (TPSA) is 95.7 Å². The largest absolute Gasteiger partial charge is 0.329 e. The second-order valence-corrected chi connectivity index (χ2v) is 8.24. The van der Waals surface area contributed by atoms with Gasteiger partial charge in [-0.1, -0.05) is 12.1 Å². The summed E-state index contributed by atoms with van der Waals surface area (Å²) in [6, 6.07) is 5.72. The van der Waals surface area contributed by atoms with Crippen LogP contribution in [0.3, 0.4) is 0 Å². The van der Waals surface area contributed by atoms with Crippen molar-refractivity contribution in [1.82, 2.24) is 15.1 Å². The second-order valence-electron chi connectivity index (χ2n) is 8.24. The molecule has 5 rings (SSSR count). The van der Waals surface area contributed by atoms with Crippen molar-refractivity contribution in [3.05, 3.63) is 34.9 Å². The number of nitrogens with zero attached hydrogens (tertiary/aromatic N) is 2. The summed E-state index contributed by atoms with van der Waals surface area (Å²) in [6.45, 7) is 3.00. The second kappa shape index (κ2) is 6.14. The van der Waals surface area contributed by atoms with Gasteiger partial charge < -0.3 is 10.6 Å². The smallest absolute Gasteiger partial charge is 0.255 e. The fourth-order valence-electron chi connectivity index (χ4n) is 5.18. The van der Waals surface area contributed by atoms with Crippen LogP contribution in [-0.2, 0) is 22.7 Å². The van der Waals surface area contributed by atoms with E-state index in [1.807, 2.05) is 12.1 Å². The summed E-state index contributed by atoms with van der Waals surface area (Å²) in [6.07, 6.45) is 1.97. The third-order valence-corrected chi connectivity index (χ3v) is 6.70. The first-order valence-electron chi connectivity index (χ1n) is 9.76. The van der Waals surface area contributed by atoms with Gasteiger partial charge in [0, 0.05) is 44.2 Å². The van der Waals surface area contributed by atoms with Crippen molar-refractivity contribution in [3.8, 4) is 0 Å². The zero-order chi connectivity index (χ0) is 18.7. The molecule has 1 aromatic carbocycles. The first kappa shape index (κ1) is 16.9. The van der Waals surface area contributed by atoms with E-state index in [0.29, 0.717) is 31.1 Å². The lowest BCUT2D eigenvalue weighted by Gasteiger charge is -2.29. The van der Waals surface area contributed by atoms with Crippen molar-refractivity contribution in [2.75, 3.05) is 13.1 Å². The molecular formula is C20H24N4O3. The molecule has 3 fully saturated rings. The average Bonchev–Trinajstić information content (AvgIpc) is 3.19. The van der Waals surface area contributed by atoms with E-state index >= 15 is 0 Å². The van der Waals surface area contributed by atoms with Crippen LogP contribution in [0.25, 0.3) is 0 Å². The molecule has 1 aliphatic carbocycles. The van der Waals surface area contributed by atoms with Crippen LogP contribution < -0.4 is 11.1 Å². The van der Waals surface area contributed by atoms with Gasteiger partial charge >= 0.3 is 0 Å². The quantitative estimate of drug-likeness (QED) is 0.742. The molecule has 2 saturated heterocycles. The number of likely N-dealkylation sites (tertiary alicyclic amines) is 1. The average molecular weight is 368 g/mol. The number of nitrogens with two attached hydrogens (primary N) is 1. The van der Waals surface area contributed by atoms with Gasteiger partial charge in [-0.05, 0) is 41.9 Å². The first-order valence-corrected chi connectivity index (χ1v) is 9.76. The van der Waals surface area contributed by atoms with E-state index < -0.39 is 6.04 Å². The number of piperidine rings is 2. The highest BCUT2D eigenvalue weighted by Gasteiger charge is 2.51. The Bertz CT molecular complexity index is 839. The molecule has 4 aliphatic rings. The zero-order valence-electron chi connectivity index (χ0n) is 15.2. The summed E-state index contributed by atoms with van der Waals surface area (Å²) in [5.41, 5.74) is 8.85. The summed E-state index contributed by atoms with van der Waals surface area (Å²) in [5, 5.41) is 2.36. The molecule has 3 N–H and O–H groups in total. The number of nitrogens with one attached hydrogen (secondary N) is 1. The van der Waals surface area contributed by atoms with E-state index in [2.05, 4.69) is 16.3 Å². The lowest BCUT2D eigenvalue weighted by atomic mass is 10.0. The number of rotatable bonds is 4. The Kier molecular flexibility index (Phi) is 3.84. The van der Waals surface area contributed by atoms with Crippen LogP contribution in [0.1, 0.15) is 40.7 Å². The number of fused-ring (bicyclic) bond motifs is 2. The van der Waals surface area contributed by atoms with Crippen LogP contribution in [0.4, 0.5) is 0 Å². The summed E-state index contributed by atoms with van der Waals surface area (Å²) >= 11 is 0. The minimum Gasteiger partial charge on any atom is -0.329 e. The molecule has 7 nitrogen and oxygen atoms in total. The molecule has 1 unspecified atom stereocenters. The number of benzene rings is 1. The van der Waals surface area contributed by atoms with E-state index in [1.165, 1.54) is 6.42 Å². The van der Waals surface area contributed by atoms with Crippen LogP contribution >= 0.6 is 0 Å². The van der Waals surface area contributed by atoms with Gasteiger partial charge in [-0.25, -0.2) is 0 Å². The zero-order valence-corrected chi connectivity index (χ0v) is 15.2. The Hall–Kier alpha value is -2.25. The number of hydrogen-bond donors (Lipinski definition) is 2. The summed E-state index contributed by atoms with van der Waals surface area (Å²) in [7, 11) is 0. The number of carbonyl (C=O) groups is 3. The van der Waals surface area contributed by atoms with Gasteiger partial charge in [-0.15, -0.1) is 0 Å². The SMILES string of the molecule is NC[C@@H]1[C@H]2C[C@H]2CN1Cc1cccc2c1CN(C1CCC(=O)NC1=O)C2=O. The van der Waals surface area contributed by atoms with Crippen molar-refractivity contribution in [1.29, 1.82) is 0 Å². The lowest BCUT2D eigenvalue weighted by Crippen LogP contribution is -2.52. The number of hydrogen-bond acceptors (Lipinski definition) is 5. The Morgan fingerprint density at radius 3 is 2.85 bits per heavy atom. The molecule has 1 aromatic rings. The highest BCUT2D eigenvalue weighted by atomic mass is 16.2. The predicted octanol–water partition coefficient (Wildman–Crippen LogP) is 0.227. The van der Waals surface area contributed by atoms with Crippen molar-refractivity contribution in [3.63, 3.8) is 0 Å². The summed E-state index contributed by atoms with van der Waals surface area (Å²) < 4.78 is 0. The monoisotopic (exact) mass is 368 g/mol. The molecule has 3 amide bonds. The van der Waals surface area contributed by atoms with Gasteiger partial charge in [0.2, 0.25) is 11.8 Å². The molecule has 7 heteroatoms. The van der Waals surface area contributed by atoms with Gasteiger partial charge in [0.15, 0.2) is 0 Å². The van der Waals surface area contributed by atoms with E-state index in [1.54, 1.807) is 4.90 Å². The Balaban J connectivity index is 1.38. The van der Waals surface area contributed by atoms with Gasteiger partial charge in [-0.3, -0.25) is 24.6 Å². The van der Waals surface area contributed by atoms with Crippen LogP contribution in [0.5, 0.6) is 0 Å². The standard InChI is InChI=1S/C20H24N4O3/c21-7-17-14-6-12(14)9-23(17)8-11-2-1-3-13-15(11)10-24(20(13)27)16-4-5-18(25)22-19(16)26/h1-3,12,14,16-17H,4-10,21H2,(H,22,25,26)/t12-,14-,16?,17+/m0/s1. The van der Waals surface area contributed by atoms with Crippen molar-refractivity contribution in [2.45, 2.75) is 44.4 Å². The fraction of sp³-hybridized carbons (Fsp3) is 0.550. The molecule has 3 heterocycles. The van der Waals surface area contributed by atoms with Crippen LogP contribution in [0, 0.1) is 11.8 Å². The van der Waals surface area contributed by atoms with Gasteiger partial charge in [0.05, 0.1) is 0 Å². The third-order valence-electron chi connectivity index (χ3n) is 6.70. The molecular weight excluding hydrogens is 344 g/mol. The molecule has 0 bridgehead atoms. The Morgan fingerprint density at radius 1 is 1.22 bits per heavy atom.